The maximum Gasteiger partial charge on any atom is 0.329 e. The second-order valence-electron chi connectivity index (χ2n) is 5.15. The summed E-state index contributed by atoms with van der Waals surface area (Å²) in [6, 6.07) is 5.16. The van der Waals surface area contributed by atoms with Crippen LogP contribution in [0.1, 0.15) is 26.3 Å². The molecule has 0 saturated heterocycles. The molecule has 1 aromatic rings. The fourth-order valence-electron chi connectivity index (χ4n) is 1.74. The van der Waals surface area contributed by atoms with Gasteiger partial charge in [0, 0.05) is 12.6 Å². The van der Waals surface area contributed by atoms with E-state index < -0.39 is 11.5 Å². The molecule has 0 unspecified atom stereocenters. The highest BCUT2D eigenvalue weighted by atomic mass is 35.5. The van der Waals surface area contributed by atoms with E-state index in [0.717, 1.165) is 0 Å². The minimum Gasteiger partial charge on any atom is -0.492 e. The molecule has 0 aliphatic heterocycles. The Morgan fingerprint density at radius 2 is 2.00 bits per heavy atom. The normalized spacial score (nSPS) is 11.1. The summed E-state index contributed by atoms with van der Waals surface area (Å²) in [5, 5.41) is 9.60. The molecule has 0 bridgehead atoms. The van der Waals surface area contributed by atoms with E-state index in [2.05, 4.69) is 0 Å². The Kier molecular flexibility index (Phi) is 5.61. The number of hydrogen-bond donors (Lipinski definition) is 1. The fraction of sp³-hybridized carbons (Fsp3) is 0.467. The number of hydrogen-bond acceptors (Lipinski definition) is 3. The largest absolute Gasteiger partial charge is 0.492 e. The zero-order chi connectivity index (χ0) is 16.2. The molecule has 21 heavy (non-hydrogen) atoms. The van der Waals surface area contributed by atoms with Crippen molar-refractivity contribution in [2.45, 2.75) is 32.7 Å². The van der Waals surface area contributed by atoms with Crippen molar-refractivity contribution >= 4 is 23.5 Å². The Morgan fingerprint density at radius 3 is 2.52 bits per heavy atom. The number of likely N-dealkylation sites (N-methyl/N-ethyl adjacent to an activating group) is 1. The van der Waals surface area contributed by atoms with Crippen LogP contribution in [0, 0.1) is 0 Å². The average Bonchev–Trinajstić information content (AvgIpc) is 2.41. The smallest absolute Gasteiger partial charge is 0.329 e. The van der Waals surface area contributed by atoms with Crippen LogP contribution in [0.2, 0.25) is 5.02 Å². The first-order valence-corrected chi connectivity index (χ1v) is 6.99. The summed E-state index contributed by atoms with van der Waals surface area (Å²) in [5.41, 5.74) is -0.635. The SMILES string of the molecule is CCOc1c(Cl)cccc1CC(=O)N(C)C(C)(C)C(=O)O. The van der Waals surface area contributed by atoms with Gasteiger partial charge in [-0.1, -0.05) is 23.7 Å². The number of amides is 1. The fourth-order valence-corrected chi connectivity index (χ4v) is 1.98. The number of carbonyl (C=O) groups excluding carboxylic acids is 1. The molecule has 1 rings (SSSR count). The van der Waals surface area contributed by atoms with Crippen LogP contribution in [0.5, 0.6) is 5.75 Å². The number of carbonyl (C=O) groups is 2. The molecule has 0 saturated carbocycles. The van der Waals surface area contributed by atoms with Crippen LogP contribution in [-0.4, -0.2) is 41.1 Å². The van der Waals surface area contributed by atoms with Crippen molar-refractivity contribution in [3.05, 3.63) is 28.8 Å². The molecular weight excluding hydrogens is 294 g/mol. The highest BCUT2D eigenvalue weighted by molar-refractivity contribution is 6.32. The van der Waals surface area contributed by atoms with Crippen LogP contribution in [0.15, 0.2) is 18.2 Å². The van der Waals surface area contributed by atoms with Gasteiger partial charge < -0.3 is 14.7 Å². The molecule has 0 aliphatic carbocycles. The maximum atomic E-state index is 12.3. The molecular formula is C15H20ClNO4. The predicted octanol–water partition coefficient (Wildman–Crippen LogP) is 2.60. The molecule has 5 nitrogen and oxygen atoms in total. The van der Waals surface area contributed by atoms with Crippen molar-refractivity contribution in [3.8, 4) is 5.75 Å². The van der Waals surface area contributed by atoms with Crippen LogP contribution in [0.25, 0.3) is 0 Å². The van der Waals surface area contributed by atoms with Crippen LogP contribution in [0.3, 0.4) is 0 Å². The van der Waals surface area contributed by atoms with Crippen LogP contribution >= 0.6 is 11.6 Å². The number of benzene rings is 1. The summed E-state index contributed by atoms with van der Waals surface area (Å²) in [6.45, 7) is 5.22. The standard InChI is InChI=1S/C15H20ClNO4/c1-5-21-13-10(7-6-8-11(13)16)9-12(18)17(4)15(2,3)14(19)20/h6-8H,5,9H2,1-4H3,(H,19,20). The number of nitrogens with zero attached hydrogens (tertiary/aromatic N) is 1. The molecule has 0 fully saturated rings. The third-order valence-electron chi connectivity index (χ3n) is 3.41. The van der Waals surface area contributed by atoms with Gasteiger partial charge >= 0.3 is 5.97 Å². The van der Waals surface area contributed by atoms with Crippen molar-refractivity contribution in [1.82, 2.24) is 4.90 Å². The molecule has 116 valence electrons. The van der Waals surface area contributed by atoms with Gasteiger partial charge in [0.25, 0.3) is 0 Å². The minimum atomic E-state index is -1.28. The van der Waals surface area contributed by atoms with Crippen LogP contribution in [0.4, 0.5) is 0 Å². The zero-order valence-corrected chi connectivity index (χ0v) is 13.4. The first-order chi connectivity index (χ1) is 9.71. The number of ether oxygens (including phenoxy) is 1. The van der Waals surface area contributed by atoms with Gasteiger partial charge in [-0.3, -0.25) is 4.79 Å². The van der Waals surface area contributed by atoms with Crippen molar-refractivity contribution in [2.75, 3.05) is 13.7 Å². The lowest BCUT2D eigenvalue weighted by Crippen LogP contribution is -2.51. The number of halogens is 1. The molecule has 0 spiro atoms. The van der Waals surface area contributed by atoms with Crippen molar-refractivity contribution < 1.29 is 19.4 Å². The summed E-state index contributed by atoms with van der Waals surface area (Å²) in [5.74, 6) is -0.906. The van der Waals surface area contributed by atoms with Crippen molar-refractivity contribution in [3.63, 3.8) is 0 Å². The van der Waals surface area contributed by atoms with Crippen LogP contribution in [-0.2, 0) is 16.0 Å². The number of rotatable bonds is 6. The van der Waals surface area contributed by atoms with Gasteiger partial charge in [0.2, 0.25) is 5.91 Å². The van der Waals surface area contributed by atoms with Gasteiger partial charge in [0.1, 0.15) is 11.3 Å². The summed E-state index contributed by atoms with van der Waals surface area (Å²) >= 11 is 6.07. The third kappa shape index (κ3) is 3.88. The minimum absolute atomic E-state index is 0.0309. The zero-order valence-electron chi connectivity index (χ0n) is 12.6. The second-order valence-corrected chi connectivity index (χ2v) is 5.56. The van der Waals surface area contributed by atoms with Gasteiger partial charge in [0.15, 0.2) is 0 Å². The van der Waals surface area contributed by atoms with Gasteiger partial charge in [0.05, 0.1) is 18.1 Å². The lowest BCUT2D eigenvalue weighted by atomic mass is 10.0. The Balaban J connectivity index is 2.99. The van der Waals surface area contributed by atoms with E-state index in [1.165, 1.54) is 25.8 Å². The summed E-state index contributed by atoms with van der Waals surface area (Å²) in [7, 11) is 1.47. The summed E-state index contributed by atoms with van der Waals surface area (Å²) < 4.78 is 5.46. The van der Waals surface area contributed by atoms with E-state index in [4.69, 9.17) is 21.4 Å². The van der Waals surface area contributed by atoms with E-state index in [1.807, 2.05) is 6.92 Å². The number of aliphatic carboxylic acids is 1. The van der Waals surface area contributed by atoms with Gasteiger partial charge in [-0.15, -0.1) is 0 Å². The van der Waals surface area contributed by atoms with E-state index in [-0.39, 0.29) is 12.3 Å². The lowest BCUT2D eigenvalue weighted by molar-refractivity contribution is -0.155. The van der Waals surface area contributed by atoms with E-state index >= 15 is 0 Å². The Bertz CT molecular complexity index is 542. The molecule has 0 heterocycles. The quantitative estimate of drug-likeness (QED) is 0.876. The number of para-hydroxylation sites is 1. The topological polar surface area (TPSA) is 66.8 Å². The maximum absolute atomic E-state index is 12.3. The van der Waals surface area contributed by atoms with Gasteiger partial charge in [-0.2, -0.15) is 0 Å². The molecule has 0 radical (unpaired) electrons. The summed E-state index contributed by atoms with van der Waals surface area (Å²) in [4.78, 5) is 24.7. The highest BCUT2D eigenvalue weighted by Crippen LogP contribution is 2.29. The number of carboxylic acids is 1. The average molecular weight is 314 g/mol. The molecule has 0 aliphatic rings. The van der Waals surface area contributed by atoms with E-state index in [1.54, 1.807) is 18.2 Å². The monoisotopic (exact) mass is 313 g/mol. The second kappa shape index (κ2) is 6.80. The van der Waals surface area contributed by atoms with Crippen molar-refractivity contribution in [1.29, 1.82) is 0 Å². The first kappa shape index (κ1) is 17.3. The van der Waals surface area contributed by atoms with E-state index in [9.17, 15) is 9.59 Å². The predicted molar refractivity (Wildman–Crippen MR) is 80.8 cm³/mol. The number of carboxylic acid groups (broad SMARTS) is 1. The Morgan fingerprint density at radius 1 is 1.38 bits per heavy atom. The molecule has 1 N–H and O–H groups in total. The van der Waals surface area contributed by atoms with E-state index in [0.29, 0.717) is 22.9 Å². The molecule has 6 heteroatoms. The molecule has 1 amide bonds. The molecule has 1 aromatic carbocycles. The highest BCUT2D eigenvalue weighted by Gasteiger charge is 2.35. The molecule has 0 aromatic heterocycles. The molecule has 0 atom stereocenters. The summed E-state index contributed by atoms with van der Waals surface area (Å²) in [6.07, 6.45) is 0.0309. The third-order valence-corrected chi connectivity index (χ3v) is 3.71. The van der Waals surface area contributed by atoms with Crippen molar-refractivity contribution in [2.24, 2.45) is 0 Å². The Labute approximate surface area is 129 Å². The Hall–Kier alpha value is -1.75. The van der Waals surface area contributed by atoms with Gasteiger partial charge in [-0.05, 0) is 26.8 Å². The lowest BCUT2D eigenvalue weighted by Gasteiger charge is -2.31. The van der Waals surface area contributed by atoms with Gasteiger partial charge in [-0.25, -0.2) is 4.79 Å². The van der Waals surface area contributed by atoms with Crippen LogP contribution < -0.4 is 4.74 Å². The first-order valence-electron chi connectivity index (χ1n) is 6.62.